The largest absolute Gasteiger partial charge is 0.393 e. The maximum absolute atomic E-state index is 9.21. The number of amidine groups is 1. The zero-order chi connectivity index (χ0) is 10.1. The van der Waals surface area contributed by atoms with Crippen LogP contribution in [0.4, 0.5) is 0 Å². The Morgan fingerprint density at radius 2 is 2.46 bits per heavy atom. The molecular weight excluding hydrogens is 186 g/mol. The molecule has 0 fully saturated rings. The van der Waals surface area contributed by atoms with Gasteiger partial charge in [-0.05, 0) is 19.1 Å². The lowest BCUT2D eigenvalue weighted by molar-refractivity contribution is 0.163. The highest BCUT2D eigenvalue weighted by atomic mass is 32.2. The second-order valence-electron chi connectivity index (χ2n) is 2.48. The predicted molar refractivity (Wildman–Crippen MR) is 55.5 cm³/mol. The zero-order valence-corrected chi connectivity index (χ0v) is 8.77. The van der Waals surface area contributed by atoms with Gasteiger partial charge in [-0.1, -0.05) is 18.7 Å². The third-order valence-corrected chi connectivity index (χ3v) is 2.16. The lowest BCUT2D eigenvalue weighted by Gasteiger charge is -2.04. The number of rotatable bonds is 4. The minimum Gasteiger partial charge on any atom is -0.393 e. The summed E-state index contributed by atoms with van der Waals surface area (Å²) in [5, 5.41) is 20.6. The van der Waals surface area contributed by atoms with Crippen molar-refractivity contribution in [2.75, 3.05) is 12.8 Å². The molecule has 0 aromatic rings. The highest BCUT2D eigenvalue weighted by Gasteiger charge is 1.99. The van der Waals surface area contributed by atoms with Gasteiger partial charge in [0.2, 0.25) is 0 Å². The highest BCUT2D eigenvalue weighted by molar-refractivity contribution is 8.13. The van der Waals surface area contributed by atoms with Gasteiger partial charge in [0.05, 0.1) is 6.10 Å². The molecule has 4 nitrogen and oxygen atoms in total. The Kier molecular flexibility index (Phi) is 7.45. The van der Waals surface area contributed by atoms with Gasteiger partial charge in [0.1, 0.15) is 0 Å². The van der Waals surface area contributed by atoms with Gasteiger partial charge < -0.3 is 5.11 Å². The first-order valence-electron chi connectivity index (χ1n) is 4.16. The second-order valence-corrected chi connectivity index (χ2v) is 3.27. The van der Waals surface area contributed by atoms with E-state index >= 15 is 0 Å². The van der Waals surface area contributed by atoms with Crippen LogP contribution < -0.4 is 5.32 Å². The molecule has 0 radical (unpaired) electrons. The van der Waals surface area contributed by atoms with Crippen molar-refractivity contribution < 1.29 is 5.11 Å². The molecule has 0 aromatic heterocycles. The number of aliphatic hydroxyl groups is 1. The normalized spacial score (nSPS) is 13.5. The Balaban J connectivity index is 3.74. The van der Waals surface area contributed by atoms with Gasteiger partial charge in [0.25, 0.3) is 0 Å². The van der Waals surface area contributed by atoms with Crippen LogP contribution in [0, 0.1) is 11.5 Å². The van der Waals surface area contributed by atoms with Gasteiger partial charge in [0.15, 0.2) is 11.4 Å². The van der Waals surface area contributed by atoms with E-state index in [9.17, 15) is 5.11 Å². The Labute approximate surface area is 83.0 Å². The van der Waals surface area contributed by atoms with Gasteiger partial charge in [0, 0.05) is 6.54 Å². The van der Waals surface area contributed by atoms with Crippen LogP contribution in [0.3, 0.4) is 0 Å². The molecule has 5 heteroatoms. The zero-order valence-electron chi connectivity index (χ0n) is 7.95. The van der Waals surface area contributed by atoms with Gasteiger partial charge in [-0.25, -0.2) is 0 Å². The molecule has 0 aliphatic heterocycles. The Bertz CT molecular complexity index is 200. The molecule has 0 aliphatic rings. The molecular formula is C8H15N3OS. The average Bonchev–Trinajstić information content (AvgIpc) is 2.16. The van der Waals surface area contributed by atoms with Crippen LogP contribution in [0.15, 0.2) is 4.99 Å². The first-order chi connectivity index (χ1) is 6.24. The average molecular weight is 201 g/mol. The molecule has 0 saturated carbocycles. The molecule has 13 heavy (non-hydrogen) atoms. The van der Waals surface area contributed by atoms with Crippen molar-refractivity contribution in [1.82, 2.24) is 5.32 Å². The summed E-state index contributed by atoms with van der Waals surface area (Å²) < 4.78 is 0. The van der Waals surface area contributed by atoms with Crippen LogP contribution in [-0.2, 0) is 0 Å². The predicted octanol–water partition coefficient (Wildman–Crippen LogP) is 0.937. The number of thioether (sulfide) groups is 1. The van der Waals surface area contributed by atoms with E-state index in [-0.39, 0.29) is 6.10 Å². The fourth-order valence-corrected chi connectivity index (χ4v) is 1.09. The minimum absolute atomic E-state index is 0.283. The third kappa shape index (κ3) is 6.43. The van der Waals surface area contributed by atoms with Gasteiger partial charge >= 0.3 is 0 Å². The molecule has 0 rings (SSSR count). The van der Waals surface area contributed by atoms with Gasteiger partial charge in [-0.3, -0.25) is 10.3 Å². The van der Waals surface area contributed by atoms with Crippen molar-refractivity contribution in [2.24, 2.45) is 4.99 Å². The van der Waals surface area contributed by atoms with E-state index < -0.39 is 0 Å². The van der Waals surface area contributed by atoms with Crippen LogP contribution >= 0.6 is 11.8 Å². The molecule has 1 atom stereocenters. The summed E-state index contributed by atoms with van der Waals surface area (Å²) in [6.45, 7) is 2.48. The number of aliphatic hydroxyl groups excluding tert-OH is 1. The molecule has 0 saturated heterocycles. The van der Waals surface area contributed by atoms with E-state index in [1.54, 1.807) is 6.19 Å². The number of aliphatic imine (C=N–C) groups is 1. The number of nitrogens with one attached hydrogen (secondary N) is 1. The van der Waals surface area contributed by atoms with Crippen molar-refractivity contribution >= 4 is 16.9 Å². The topological polar surface area (TPSA) is 68.4 Å². The molecule has 0 heterocycles. The Morgan fingerprint density at radius 3 is 2.92 bits per heavy atom. The molecule has 0 amide bonds. The number of nitriles is 1. The maximum atomic E-state index is 9.21. The van der Waals surface area contributed by atoms with Crippen LogP contribution in [-0.4, -0.2) is 29.2 Å². The van der Waals surface area contributed by atoms with Gasteiger partial charge in [-0.2, -0.15) is 5.26 Å². The van der Waals surface area contributed by atoms with E-state index in [0.29, 0.717) is 18.1 Å². The van der Waals surface area contributed by atoms with Crippen molar-refractivity contribution in [3.8, 4) is 6.19 Å². The molecule has 74 valence electrons. The molecule has 0 bridgehead atoms. The summed E-state index contributed by atoms with van der Waals surface area (Å²) in [5.41, 5.74) is 0. The SMILES string of the molecule is CCC(O)CCN=C(NC#N)SC. The van der Waals surface area contributed by atoms with E-state index in [0.717, 1.165) is 6.42 Å². The number of nitrogens with zero attached hydrogens (tertiary/aromatic N) is 2. The summed E-state index contributed by atoms with van der Waals surface area (Å²) in [5.74, 6) is 0. The molecule has 0 aliphatic carbocycles. The fourth-order valence-electron chi connectivity index (χ4n) is 0.722. The first-order valence-corrected chi connectivity index (χ1v) is 5.38. The molecule has 2 N–H and O–H groups in total. The van der Waals surface area contributed by atoms with Crippen LogP contribution in [0.5, 0.6) is 0 Å². The fraction of sp³-hybridized carbons (Fsp3) is 0.750. The summed E-state index contributed by atoms with van der Waals surface area (Å²) in [7, 11) is 0. The lowest BCUT2D eigenvalue weighted by atomic mass is 10.2. The summed E-state index contributed by atoms with van der Waals surface area (Å²) in [4.78, 5) is 4.11. The quantitative estimate of drug-likeness (QED) is 0.307. The third-order valence-electron chi connectivity index (χ3n) is 1.55. The van der Waals surface area contributed by atoms with Crippen LogP contribution in [0.1, 0.15) is 19.8 Å². The highest BCUT2D eigenvalue weighted by Crippen LogP contribution is 1.99. The Morgan fingerprint density at radius 1 is 1.77 bits per heavy atom. The number of hydrogen-bond donors (Lipinski definition) is 2. The lowest BCUT2D eigenvalue weighted by Crippen LogP contribution is -2.15. The van der Waals surface area contributed by atoms with Crippen molar-refractivity contribution in [3.05, 3.63) is 0 Å². The summed E-state index contributed by atoms with van der Waals surface area (Å²) >= 11 is 1.39. The van der Waals surface area contributed by atoms with E-state index in [1.165, 1.54) is 11.8 Å². The van der Waals surface area contributed by atoms with Crippen molar-refractivity contribution in [2.45, 2.75) is 25.9 Å². The van der Waals surface area contributed by atoms with E-state index in [4.69, 9.17) is 5.26 Å². The molecule has 1 unspecified atom stereocenters. The van der Waals surface area contributed by atoms with Gasteiger partial charge in [-0.15, -0.1) is 0 Å². The van der Waals surface area contributed by atoms with Crippen molar-refractivity contribution in [3.63, 3.8) is 0 Å². The van der Waals surface area contributed by atoms with Crippen LogP contribution in [0.25, 0.3) is 0 Å². The van der Waals surface area contributed by atoms with Crippen LogP contribution in [0.2, 0.25) is 0 Å². The Hall–Kier alpha value is -0.730. The van der Waals surface area contributed by atoms with E-state index in [2.05, 4.69) is 10.3 Å². The van der Waals surface area contributed by atoms with Crippen molar-refractivity contribution in [1.29, 1.82) is 5.26 Å². The summed E-state index contributed by atoms with van der Waals surface area (Å²) in [6, 6.07) is 0. The van der Waals surface area contributed by atoms with E-state index in [1.807, 2.05) is 13.2 Å². The maximum Gasteiger partial charge on any atom is 0.183 e. The molecule has 0 spiro atoms. The monoisotopic (exact) mass is 201 g/mol. The summed E-state index contributed by atoms with van der Waals surface area (Å²) in [6.07, 6.45) is 4.76. The molecule has 0 aromatic carbocycles. The number of hydrogen-bond acceptors (Lipinski definition) is 4. The minimum atomic E-state index is -0.283. The standard InChI is InChI=1S/C8H15N3OS/c1-3-7(12)4-5-10-8(13-2)11-6-9/h7,12H,3-5H2,1-2H3,(H,10,11). The second kappa shape index (κ2) is 7.90. The smallest absolute Gasteiger partial charge is 0.183 e. The first kappa shape index (κ1) is 12.3.